The Labute approximate surface area is 154 Å². The van der Waals surface area contributed by atoms with Crippen LogP contribution >= 0.6 is 24.0 Å². The summed E-state index contributed by atoms with van der Waals surface area (Å²) in [4.78, 5) is 0. The Balaban J connectivity index is 0.00000288. The molecule has 132 valence electrons. The Hall–Kier alpha value is -1.62. The second-order valence-corrected chi connectivity index (χ2v) is 5.56. The first kappa shape index (κ1) is 20.4. The molecule has 2 aromatic carbocycles. The van der Waals surface area contributed by atoms with Crippen LogP contribution in [0, 0.1) is 0 Å². The molecule has 1 unspecified atom stereocenters. The van der Waals surface area contributed by atoms with Gasteiger partial charge in [0, 0.05) is 17.6 Å². The molecule has 0 saturated carbocycles. The van der Waals surface area contributed by atoms with Crippen LogP contribution in [0.2, 0.25) is 5.02 Å². The minimum absolute atomic E-state index is 0. The lowest BCUT2D eigenvalue weighted by atomic mass is 10.1. The zero-order valence-electron chi connectivity index (χ0n) is 14.3. The van der Waals surface area contributed by atoms with Crippen LogP contribution in [0.15, 0.2) is 36.4 Å². The van der Waals surface area contributed by atoms with E-state index in [0.717, 1.165) is 16.1 Å². The van der Waals surface area contributed by atoms with E-state index in [2.05, 4.69) is 12.2 Å². The molecule has 0 radical (unpaired) electrons. The molecule has 0 amide bonds. The molecule has 0 bridgehead atoms. The molecule has 0 fully saturated rings. The predicted molar refractivity (Wildman–Crippen MR) is 100 cm³/mol. The summed E-state index contributed by atoms with van der Waals surface area (Å²) in [5.41, 5.74) is 2.11. The van der Waals surface area contributed by atoms with Gasteiger partial charge in [0.25, 0.3) is 0 Å². The van der Waals surface area contributed by atoms with Crippen molar-refractivity contribution in [2.24, 2.45) is 0 Å². The fourth-order valence-corrected chi connectivity index (χ4v) is 2.74. The van der Waals surface area contributed by atoms with Crippen molar-refractivity contribution in [3.8, 4) is 17.2 Å². The van der Waals surface area contributed by atoms with Crippen molar-refractivity contribution < 1.29 is 14.2 Å². The molecular weight excluding hydrogens is 349 g/mol. The fourth-order valence-electron chi connectivity index (χ4n) is 2.44. The number of nitrogens with one attached hydrogen (secondary N) is 1. The van der Waals surface area contributed by atoms with Gasteiger partial charge in [-0.15, -0.1) is 12.4 Å². The molecule has 0 aromatic heterocycles. The molecule has 24 heavy (non-hydrogen) atoms. The van der Waals surface area contributed by atoms with Crippen LogP contribution in [-0.4, -0.2) is 21.3 Å². The van der Waals surface area contributed by atoms with Gasteiger partial charge in [0.2, 0.25) is 5.75 Å². The Bertz CT molecular complexity index is 639. The van der Waals surface area contributed by atoms with Crippen LogP contribution in [0.3, 0.4) is 0 Å². The first-order valence-electron chi connectivity index (χ1n) is 7.37. The van der Waals surface area contributed by atoms with Crippen LogP contribution in [-0.2, 0) is 6.54 Å². The summed E-state index contributed by atoms with van der Waals surface area (Å²) in [6, 6.07) is 11.8. The minimum atomic E-state index is 0. The third-order valence-electron chi connectivity index (χ3n) is 3.71. The number of halogens is 2. The number of rotatable bonds is 7. The van der Waals surface area contributed by atoms with E-state index in [0.29, 0.717) is 23.8 Å². The van der Waals surface area contributed by atoms with Gasteiger partial charge in [-0.3, -0.25) is 0 Å². The average molecular weight is 372 g/mol. The van der Waals surface area contributed by atoms with Crippen LogP contribution < -0.4 is 19.5 Å². The van der Waals surface area contributed by atoms with E-state index in [9.17, 15) is 0 Å². The quantitative estimate of drug-likeness (QED) is 0.769. The standard InChI is InChI=1S/C18H22ClNO3.ClH/c1-12(14-7-5-6-8-15(14)19)20-11-13-9-16(21-2)18(23-4)17(10-13)22-3;/h5-10,12,20H,11H2,1-4H3;1H. The molecule has 0 spiro atoms. The average Bonchev–Trinajstić information content (AvgIpc) is 2.58. The van der Waals surface area contributed by atoms with Crippen molar-refractivity contribution in [1.29, 1.82) is 0 Å². The highest BCUT2D eigenvalue weighted by molar-refractivity contribution is 6.31. The Morgan fingerprint density at radius 2 is 1.58 bits per heavy atom. The predicted octanol–water partition coefficient (Wildman–Crippen LogP) is 4.64. The van der Waals surface area contributed by atoms with Crippen molar-refractivity contribution in [2.45, 2.75) is 19.5 Å². The number of hydrogen-bond donors (Lipinski definition) is 1. The van der Waals surface area contributed by atoms with Gasteiger partial charge in [0.1, 0.15) is 0 Å². The summed E-state index contributed by atoms with van der Waals surface area (Å²) in [5.74, 6) is 1.89. The number of benzene rings is 2. The monoisotopic (exact) mass is 371 g/mol. The first-order valence-corrected chi connectivity index (χ1v) is 7.75. The molecular formula is C18H23Cl2NO3. The highest BCUT2D eigenvalue weighted by Gasteiger charge is 2.14. The smallest absolute Gasteiger partial charge is 0.203 e. The van der Waals surface area contributed by atoms with Gasteiger partial charge in [0.15, 0.2) is 11.5 Å². The highest BCUT2D eigenvalue weighted by Crippen LogP contribution is 2.38. The number of ether oxygens (including phenoxy) is 3. The Kier molecular flexibility index (Phi) is 8.19. The van der Waals surface area contributed by atoms with Crippen molar-refractivity contribution >= 4 is 24.0 Å². The van der Waals surface area contributed by atoms with Gasteiger partial charge in [0.05, 0.1) is 21.3 Å². The lowest BCUT2D eigenvalue weighted by molar-refractivity contribution is 0.323. The normalized spacial score (nSPS) is 11.4. The van der Waals surface area contributed by atoms with Gasteiger partial charge in [-0.25, -0.2) is 0 Å². The van der Waals surface area contributed by atoms with Gasteiger partial charge < -0.3 is 19.5 Å². The summed E-state index contributed by atoms with van der Waals surface area (Å²) in [6.07, 6.45) is 0. The summed E-state index contributed by atoms with van der Waals surface area (Å²) in [5, 5.41) is 4.22. The van der Waals surface area contributed by atoms with E-state index in [1.165, 1.54) is 0 Å². The maximum absolute atomic E-state index is 6.24. The van der Waals surface area contributed by atoms with Crippen LogP contribution in [0.1, 0.15) is 24.1 Å². The van der Waals surface area contributed by atoms with Crippen molar-refractivity contribution in [3.63, 3.8) is 0 Å². The van der Waals surface area contributed by atoms with E-state index in [1.54, 1.807) is 21.3 Å². The van der Waals surface area contributed by atoms with Gasteiger partial charge >= 0.3 is 0 Å². The van der Waals surface area contributed by atoms with Crippen LogP contribution in [0.4, 0.5) is 0 Å². The lowest BCUT2D eigenvalue weighted by Crippen LogP contribution is -2.18. The van der Waals surface area contributed by atoms with E-state index in [-0.39, 0.29) is 18.4 Å². The third-order valence-corrected chi connectivity index (χ3v) is 4.05. The summed E-state index contributed by atoms with van der Waals surface area (Å²) in [7, 11) is 4.82. The molecule has 0 aliphatic heterocycles. The van der Waals surface area contributed by atoms with Gasteiger partial charge in [-0.1, -0.05) is 29.8 Å². The van der Waals surface area contributed by atoms with Crippen LogP contribution in [0.5, 0.6) is 17.2 Å². The first-order chi connectivity index (χ1) is 11.1. The molecule has 1 N–H and O–H groups in total. The molecule has 6 heteroatoms. The second kappa shape index (κ2) is 9.62. The fraction of sp³-hybridized carbons (Fsp3) is 0.333. The van der Waals surface area contributed by atoms with Crippen molar-refractivity contribution in [3.05, 3.63) is 52.5 Å². The summed E-state index contributed by atoms with van der Waals surface area (Å²) in [6.45, 7) is 2.74. The Morgan fingerprint density at radius 1 is 1.00 bits per heavy atom. The lowest BCUT2D eigenvalue weighted by Gasteiger charge is -2.18. The molecule has 2 aromatic rings. The molecule has 0 aliphatic rings. The summed E-state index contributed by atoms with van der Waals surface area (Å²) >= 11 is 6.24. The number of methoxy groups -OCH3 is 3. The van der Waals surface area contributed by atoms with Gasteiger partial charge in [-0.05, 0) is 36.2 Å². The third kappa shape index (κ3) is 4.69. The Morgan fingerprint density at radius 3 is 2.08 bits per heavy atom. The van der Waals surface area contributed by atoms with E-state index in [4.69, 9.17) is 25.8 Å². The zero-order chi connectivity index (χ0) is 16.8. The highest BCUT2D eigenvalue weighted by atomic mass is 35.5. The maximum Gasteiger partial charge on any atom is 0.203 e. The van der Waals surface area contributed by atoms with E-state index < -0.39 is 0 Å². The largest absolute Gasteiger partial charge is 0.493 e. The van der Waals surface area contributed by atoms with Crippen molar-refractivity contribution in [2.75, 3.05) is 21.3 Å². The maximum atomic E-state index is 6.24. The molecule has 0 saturated heterocycles. The topological polar surface area (TPSA) is 39.7 Å². The van der Waals surface area contributed by atoms with Crippen molar-refractivity contribution in [1.82, 2.24) is 5.32 Å². The SMILES string of the molecule is COc1cc(CNC(C)c2ccccc2Cl)cc(OC)c1OC.Cl. The van der Waals surface area contributed by atoms with Gasteiger partial charge in [-0.2, -0.15) is 0 Å². The van der Waals surface area contributed by atoms with Crippen LogP contribution in [0.25, 0.3) is 0 Å². The molecule has 4 nitrogen and oxygen atoms in total. The molecule has 1 atom stereocenters. The number of hydrogen-bond acceptors (Lipinski definition) is 4. The zero-order valence-corrected chi connectivity index (χ0v) is 15.8. The minimum Gasteiger partial charge on any atom is -0.493 e. The second-order valence-electron chi connectivity index (χ2n) is 5.16. The van der Waals surface area contributed by atoms with E-state index >= 15 is 0 Å². The summed E-state index contributed by atoms with van der Waals surface area (Å²) < 4.78 is 16.1. The molecule has 0 heterocycles. The molecule has 2 rings (SSSR count). The van der Waals surface area contributed by atoms with E-state index in [1.807, 2.05) is 36.4 Å². The molecule has 0 aliphatic carbocycles.